The van der Waals surface area contributed by atoms with E-state index >= 15 is 0 Å². The number of nitrogens with zero attached hydrogens (tertiary/aromatic N) is 2. The van der Waals surface area contributed by atoms with Crippen molar-refractivity contribution in [2.24, 2.45) is 5.41 Å². The number of likely N-dealkylation sites (tertiary alicyclic amines) is 2. The quantitative estimate of drug-likeness (QED) is 0.787. The maximum Gasteiger partial charge on any atom is 0.410 e. The third kappa shape index (κ3) is 4.71. The Morgan fingerprint density at radius 3 is 2.17 bits per heavy atom. The predicted molar refractivity (Wildman–Crippen MR) is 95.0 cm³/mol. The molecule has 0 N–H and O–H groups in total. The Bertz CT molecular complexity index is 473. The molecule has 2 rings (SSSR count). The second-order valence-corrected chi connectivity index (χ2v) is 9.06. The van der Waals surface area contributed by atoms with E-state index in [2.05, 4.69) is 25.7 Å². The van der Waals surface area contributed by atoms with E-state index in [4.69, 9.17) is 4.74 Å². The molecular weight excluding hydrogens is 304 g/mol. The molecule has 138 valence electrons. The molecule has 2 aliphatic heterocycles. The third-order valence-electron chi connectivity index (χ3n) is 5.36. The van der Waals surface area contributed by atoms with Gasteiger partial charge in [0.15, 0.2) is 5.78 Å². The van der Waals surface area contributed by atoms with E-state index in [1.54, 1.807) is 4.90 Å². The summed E-state index contributed by atoms with van der Waals surface area (Å²) in [6.07, 6.45) is 3.09. The Kier molecular flexibility index (Phi) is 5.63. The maximum atomic E-state index is 12.7. The lowest BCUT2D eigenvalue weighted by molar-refractivity contribution is -0.131. The van der Waals surface area contributed by atoms with Gasteiger partial charge in [-0.15, -0.1) is 0 Å². The summed E-state index contributed by atoms with van der Waals surface area (Å²) in [6.45, 7) is 15.0. The summed E-state index contributed by atoms with van der Waals surface area (Å²) in [7, 11) is 0. The third-order valence-corrected chi connectivity index (χ3v) is 5.36. The van der Waals surface area contributed by atoms with Crippen molar-refractivity contribution in [3.05, 3.63) is 0 Å². The first kappa shape index (κ1) is 19.2. The van der Waals surface area contributed by atoms with E-state index in [-0.39, 0.29) is 23.3 Å². The molecule has 1 atom stereocenters. The van der Waals surface area contributed by atoms with Crippen LogP contribution in [0.4, 0.5) is 4.79 Å². The first-order chi connectivity index (χ1) is 11.0. The van der Waals surface area contributed by atoms with Crippen molar-refractivity contribution in [3.8, 4) is 0 Å². The van der Waals surface area contributed by atoms with E-state index in [0.29, 0.717) is 19.0 Å². The normalized spacial score (nSPS) is 24.6. The van der Waals surface area contributed by atoms with Crippen molar-refractivity contribution in [1.29, 1.82) is 0 Å². The molecule has 1 amide bonds. The zero-order chi connectivity index (χ0) is 18.1. The molecule has 2 fully saturated rings. The van der Waals surface area contributed by atoms with Gasteiger partial charge in [0.25, 0.3) is 0 Å². The number of hydrogen-bond donors (Lipinski definition) is 0. The standard InChI is InChI=1S/C19H34N2O3/c1-14(2)20-11-8-19(6,9-12-20)13-16(22)15-7-10-21(15)17(23)24-18(3,4)5/h14-15H,7-13H2,1-6H3. The van der Waals surface area contributed by atoms with Gasteiger partial charge in [0, 0.05) is 19.0 Å². The summed E-state index contributed by atoms with van der Waals surface area (Å²) >= 11 is 0. The van der Waals surface area contributed by atoms with Gasteiger partial charge in [0.05, 0.1) is 6.04 Å². The Labute approximate surface area is 146 Å². The fourth-order valence-corrected chi connectivity index (χ4v) is 3.56. The Balaban J connectivity index is 1.87. The Morgan fingerprint density at radius 1 is 1.17 bits per heavy atom. The fraction of sp³-hybridized carbons (Fsp3) is 0.895. The van der Waals surface area contributed by atoms with Crippen LogP contribution in [-0.4, -0.2) is 59.0 Å². The van der Waals surface area contributed by atoms with Crippen LogP contribution in [-0.2, 0) is 9.53 Å². The van der Waals surface area contributed by atoms with Gasteiger partial charge in [0.1, 0.15) is 5.60 Å². The second-order valence-electron chi connectivity index (χ2n) is 9.06. The van der Waals surface area contributed by atoms with Crippen LogP contribution in [0.1, 0.15) is 67.2 Å². The van der Waals surface area contributed by atoms with Gasteiger partial charge < -0.3 is 9.64 Å². The zero-order valence-corrected chi connectivity index (χ0v) is 16.2. The highest BCUT2D eigenvalue weighted by Crippen LogP contribution is 2.37. The fourth-order valence-electron chi connectivity index (χ4n) is 3.56. The van der Waals surface area contributed by atoms with Crippen LogP contribution in [0.3, 0.4) is 0 Å². The van der Waals surface area contributed by atoms with Gasteiger partial charge >= 0.3 is 6.09 Å². The zero-order valence-electron chi connectivity index (χ0n) is 16.2. The molecule has 0 bridgehead atoms. The average Bonchev–Trinajstić information content (AvgIpc) is 2.34. The summed E-state index contributed by atoms with van der Waals surface area (Å²) in [4.78, 5) is 29.0. The van der Waals surface area contributed by atoms with E-state index in [1.165, 1.54) is 0 Å². The molecule has 1 unspecified atom stereocenters. The number of amides is 1. The van der Waals surface area contributed by atoms with E-state index in [0.717, 1.165) is 32.4 Å². The molecule has 2 aliphatic rings. The molecule has 0 saturated carbocycles. The highest BCUT2D eigenvalue weighted by molar-refractivity contribution is 5.89. The van der Waals surface area contributed by atoms with Gasteiger partial charge in [0.2, 0.25) is 0 Å². The average molecular weight is 338 g/mol. The van der Waals surface area contributed by atoms with Gasteiger partial charge in [-0.1, -0.05) is 6.92 Å². The van der Waals surface area contributed by atoms with Crippen molar-refractivity contribution in [2.75, 3.05) is 19.6 Å². The number of ketones is 1. The van der Waals surface area contributed by atoms with Crippen LogP contribution in [0.15, 0.2) is 0 Å². The van der Waals surface area contributed by atoms with Crippen molar-refractivity contribution >= 4 is 11.9 Å². The molecule has 2 saturated heterocycles. The number of Topliss-reactive ketones (excluding diaryl/α,β-unsaturated/α-hetero) is 1. The first-order valence-corrected chi connectivity index (χ1v) is 9.27. The van der Waals surface area contributed by atoms with E-state index in [1.807, 2.05) is 20.8 Å². The van der Waals surface area contributed by atoms with Crippen LogP contribution in [0.25, 0.3) is 0 Å². The molecular formula is C19H34N2O3. The van der Waals surface area contributed by atoms with Gasteiger partial charge in [-0.3, -0.25) is 9.69 Å². The molecule has 0 spiro atoms. The van der Waals surface area contributed by atoms with Crippen LogP contribution in [0.5, 0.6) is 0 Å². The van der Waals surface area contributed by atoms with Gasteiger partial charge in [-0.2, -0.15) is 0 Å². The summed E-state index contributed by atoms with van der Waals surface area (Å²) < 4.78 is 5.41. The summed E-state index contributed by atoms with van der Waals surface area (Å²) in [5.41, 5.74) is -0.451. The molecule has 2 heterocycles. The lowest BCUT2D eigenvalue weighted by Gasteiger charge is -2.44. The lowest BCUT2D eigenvalue weighted by atomic mass is 9.74. The number of carbonyl (C=O) groups is 2. The highest BCUT2D eigenvalue weighted by atomic mass is 16.6. The number of ether oxygens (including phenoxy) is 1. The second kappa shape index (κ2) is 7.03. The van der Waals surface area contributed by atoms with Gasteiger partial charge in [-0.25, -0.2) is 4.79 Å². The molecule has 24 heavy (non-hydrogen) atoms. The Hall–Kier alpha value is -1.10. The topological polar surface area (TPSA) is 49.9 Å². The van der Waals surface area contributed by atoms with Crippen molar-refractivity contribution < 1.29 is 14.3 Å². The summed E-state index contributed by atoms with van der Waals surface area (Å²) in [6, 6.07) is 0.291. The monoisotopic (exact) mass is 338 g/mol. The van der Waals surface area contributed by atoms with Crippen molar-refractivity contribution in [2.45, 2.75) is 84.9 Å². The predicted octanol–water partition coefficient (Wildman–Crippen LogP) is 3.47. The van der Waals surface area contributed by atoms with Crippen molar-refractivity contribution in [1.82, 2.24) is 9.80 Å². The molecule has 0 radical (unpaired) electrons. The van der Waals surface area contributed by atoms with Crippen LogP contribution in [0.2, 0.25) is 0 Å². The number of rotatable bonds is 4. The van der Waals surface area contributed by atoms with Crippen LogP contribution in [0, 0.1) is 5.41 Å². The minimum atomic E-state index is -0.518. The largest absolute Gasteiger partial charge is 0.444 e. The summed E-state index contributed by atoms with van der Waals surface area (Å²) in [5.74, 6) is 0.201. The Morgan fingerprint density at radius 2 is 1.75 bits per heavy atom. The van der Waals surface area contributed by atoms with E-state index in [9.17, 15) is 9.59 Å². The number of hydrogen-bond acceptors (Lipinski definition) is 4. The molecule has 0 aromatic heterocycles. The number of piperidine rings is 1. The minimum absolute atomic E-state index is 0.0671. The molecule has 0 aromatic carbocycles. The van der Waals surface area contributed by atoms with Crippen LogP contribution < -0.4 is 0 Å². The lowest BCUT2D eigenvalue weighted by Crippen LogP contribution is -2.57. The maximum absolute atomic E-state index is 12.7. The van der Waals surface area contributed by atoms with Gasteiger partial charge in [-0.05, 0) is 72.4 Å². The summed E-state index contributed by atoms with van der Waals surface area (Å²) in [5, 5.41) is 0. The molecule has 5 heteroatoms. The van der Waals surface area contributed by atoms with Crippen molar-refractivity contribution in [3.63, 3.8) is 0 Å². The first-order valence-electron chi connectivity index (χ1n) is 9.27. The smallest absolute Gasteiger partial charge is 0.410 e. The van der Waals surface area contributed by atoms with E-state index < -0.39 is 5.60 Å². The number of carbonyl (C=O) groups excluding carboxylic acids is 2. The molecule has 0 aromatic rings. The SMILES string of the molecule is CC(C)N1CCC(C)(CC(=O)C2CCN2C(=O)OC(C)(C)C)CC1. The highest BCUT2D eigenvalue weighted by Gasteiger charge is 2.42. The molecule has 0 aliphatic carbocycles. The molecule has 5 nitrogen and oxygen atoms in total. The minimum Gasteiger partial charge on any atom is -0.444 e. The van der Waals surface area contributed by atoms with Crippen LogP contribution >= 0.6 is 0 Å².